The lowest BCUT2D eigenvalue weighted by Crippen LogP contribution is -2.41. The Balaban J connectivity index is 1.73. The molecule has 1 saturated carbocycles. The van der Waals surface area contributed by atoms with Crippen LogP contribution in [-0.4, -0.2) is 70.1 Å². The van der Waals surface area contributed by atoms with E-state index in [2.05, 4.69) is 15.0 Å². The highest BCUT2D eigenvalue weighted by atomic mass is 32.2. The molecule has 0 atom stereocenters. The van der Waals surface area contributed by atoms with Gasteiger partial charge in [-0.25, -0.2) is 26.9 Å². The molecule has 0 amide bonds. The summed E-state index contributed by atoms with van der Waals surface area (Å²) in [6, 6.07) is 2.34. The largest absolute Gasteiger partial charge is 0.361 e. The molecule has 2 N–H and O–H groups in total. The highest BCUT2D eigenvalue weighted by molar-refractivity contribution is 7.89. The lowest BCUT2D eigenvalue weighted by Gasteiger charge is -2.29. The molecule has 1 aromatic carbocycles. The molecule has 0 spiro atoms. The first-order chi connectivity index (χ1) is 17.3. The maximum absolute atomic E-state index is 14.9. The predicted octanol–water partition coefficient (Wildman–Crippen LogP) is 4.08. The van der Waals surface area contributed by atoms with Crippen molar-refractivity contribution in [1.29, 1.82) is 0 Å². The average Bonchev–Trinajstić information content (AvgIpc) is 3.17. The molecule has 0 unspecified atom stereocenters. The van der Waals surface area contributed by atoms with Crippen molar-refractivity contribution >= 4 is 38.1 Å². The molecule has 0 radical (unpaired) electrons. The Morgan fingerprint density at radius 3 is 2.16 bits per heavy atom. The second-order valence-electron chi connectivity index (χ2n) is 10.6. The summed E-state index contributed by atoms with van der Waals surface area (Å²) in [4.78, 5) is 21.4. The van der Waals surface area contributed by atoms with Gasteiger partial charge in [-0.1, -0.05) is 25.2 Å². The van der Waals surface area contributed by atoms with Crippen LogP contribution >= 0.6 is 11.3 Å². The maximum Gasteiger partial charge on any atom is 0.212 e. The summed E-state index contributed by atoms with van der Waals surface area (Å²) in [5, 5.41) is 3.82. The van der Waals surface area contributed by atoms with Gasteiger partial charge in [0.25, 0.3) is 0 Å². The van der Waals surface area contributed by atoms with Crippen LogP contribution in [0.4, 0.5) is 19.7 Å². The first-order valence-electron chi connectivity index (χ1n) is 12.4. The Morgan fingerprint density at radius 2 is 1.65 bits per heavy atom. The molecular formula is C25H37F2N5O3S2. The molecular weight excluding hydrogens is 520 g/mol. The number of carbonyl (C=O) groups is 1. The van der Waals surface area contributed by atoms with Crippen molar-refractivity contribution in [2.45, 2.75) is 58.2 Å². The van der Waals surface area contributed by atoms with Crippen molar-refractivity contribution in [3.05, 3.63) is 39.8 Å². The number of aromatic nitrogens is 1. The van der Waals surface area contributed by atoms with Crippen molar-refractivity contribution in [3.8, 4) is 0 Å². The number of hydrogen-bond acceptors (Lipinski definition) is 8. The Morgan fingerprint density at radius 1 is 1.08 bits per heavy atom. The topological polar surface area (TPSA) is 94.6 Å². The third-order valence-electron chi connectivity index (χ3n) is 6.02. The van der Waals surface area contributed by atoms with Crippen molar-refractivity contribution in [2.75, 3.05) is 44.2 Å². The summed E-state index contributed by atoms with van der Waals surface area (Å²) in [5.41, 5.74) is -0.145. The van der Waals surface area contributed by atoms with Crippen LogP contribution in [-0.2, 0) is 16.6 Å². The monoisotopic (exact) mass is 557 g/mol. The minimum atomic E-state index is -3.31. The standard InChI is InChI=1S/C25H37F2N5O3S2/c1-15(2)14-37(34,35)30-18-9-7-17(8-10-18)28-25-29-24(32(5)6)23(36-25)22(33)21-19(26)11-16(12-20(21)27)13-31(3)4/h11-12,15,17-18,30H,7-10,13-14H2,1-6H3,(H,28,29). The highest BCUT2D eigenvalue weighted by Crippen LogP contribution is 2.34. The smallest absolute Gasteiger partial charge is 0.212 e. The third-order valence-corrected chi connectivity index (χ3v) is 8.79. The SMILES string of the molecule is CC(C)CS(=O)(=O)NC1CCC(Nc2nc(N(C)C)c(C(=O)c3c(F)cc(CN(C)C)cc3F)s2)CC1. The third kappa shape index (κ3) is 7.92. The molecule has 0 bridgehead atoms. The average molecular weight is 558 g/mol. The molecule has 1 aromatic heterocycles. The first kappa shape index (κ1) is 29.4. The summed E-state index contributed by atoms with van der Waals surface area (Å²) < 4.78 is 57.0. The van der Waals surface area contributed by atoms with E-state index >= 15 is 0 Å². The number of sulfonamides is 1. The van der Waals surface area contributed by atoms with Gasteiger partial charge in [-0.2, -0.15) is 0 Å². The van der Waals surface area contributed by atoms with Gasteiger partial charge in [0.05, 0.1) is 11.3 Å². The summed E-state index contributed by atoms with van der Waals surface area (Å²) in [5.74, 6) is -2.04. The van der Waals surface area contributed by atoms with Crippen LogP contribution < -0.4 is 14.9 Å². The number of thiazole rings is 1. The van der Waals surface area contributed by atoms with E-state index in [-0.39, 0.29) is 28.6 Å². The molecule has 37 heavy (non-hydrogen) atoms. The van der Waals surface area contributed by atoms with Gasteiger partial charge in [-0.05, 0) is 63.4 Å². The van der Waals surface area contributed by atoms with E-state index < -0.39 is 33.0 Å². The number of carbonyl (C=O) groups excluding carboxylic acids is 1. The number of hydrogen-bond donors (Lipinski definition) is 2. The maximum atomic E-state index is 14.9. The van der Waals surface area contributed by atoms with Gasteiger partial charge in [-0.15, -0.1) is 0 Å². The van der Waals surface area contributed by atoms with Crippen LogP contribution in [0.2, 0.25) is 0 Å². The number of halogens is 2. The molecule has 206 valence electrons. The Bertz CT molecular complexity index is 1180. The van der Waals surface area contributed by atoms with E-state index in [1.165, 1.54) is 12.1 Å². The van der Waals surface area contributed by atoms with Crippen LogP contribution in [0.25, 0.3) is 0 Å². The molecule has 1 aliphatic rings. The summed E-state index contributed by atoms with van der Waals surface area (Å²) >= 11 is 1.07. The van der Waals surface area contributed by atoms with Gasteiger partial charge in [0.1, 0.15) is 16.5 Å². The van der Waals surface area contributed by atoms with Gasteiger partial charge < -0.3 is 15.1 Å². The van der Waals surface area contributed by atoms with E-state index in [1.54, 1.807) is 38.0 Å². The fraction of sp³-hybridized carbons (Fsp3) is 0.600. The predicted molar refractivity (Wildman–Crippen MR) is 145 cm³/mol. The molecule has 0 aliphatic heterocycles. The number of ketones is 1. The minimum Gasteiger partial charge on any atom is -0.361 e. The zero-order chi connectivity index (χ0) is 27.5. The molecule has 1 aliphatic carbocycles. The minimum absolute atomic E-state index is 0.0498. The van der Waals surface area contributed by atoms with Gasteiger partial charge in [0, 0.05) is 32.7 Å². The Kier molecular flexibility index (Phi) is 9.65. The summed E-state index contributed by atoms with van der Waals surface area (Å²) in [7, 11) is 3.72. The first-order valence-corrected chi connectivity index (χ1v) is 14.8. The molecule has 2 aromatic rings. The van der Waals surface area contributed by atoms with Crippen LogP contribution in [0.15, 0.2) is 12.1 Å². The molecule has 1 heterocycles. The zero-order valence-electron chi connectivity index (χ0n) is 22.3. The highest BCUT2D eigenvalue weighted by Gasteiger charge is 2.29. The summed E-state index contributed by atoms with van der Waals surface area (Å²) in [6.07, 6.45) is 2.82. The van der Waals surface area contributed by atoms with Crippen LogP contribution in [0.3, 0.4) is 0 Å². The van der Waals surface area contributed by atoms with Crippen molar-refractivity contribution in [1.82, 2.24) is 14.6 Å². The normalized spacial score (nSPS) is 18.4. The van der Waals surface area contributed by atoms with Crippen LogP contribution in [0, 0.1) is 17.6 Å². The van der Waals surface area contributed by atoms with Crippen molar-refractivity contribution in [3.63, 3.8) is 0 Å². The van der Waals surface area contributed by atoms with Gasteiger partial charge in [0.2, 0.25) is 15.8 Å². The Labute approximate surface area is 222 Å². The van der Waals surface area contributed by atoms with E-state index in [0.29, 0.717) is 35.9 Å². The van der Waals surface area contributed by atoms with E-state index in [9.17, 15) is 22.0 Å². The fourth-order valence-electron chi connectivity index (χ4n) is 4.51. The quantitative estimate of drug-likeness (QED) is 0.402. The molecule has 0 saturated heterocycles. The molecule has 12 heteroatoms. The lowest BCUT2D eigenvalue weighted by atomic mass is 9.92. The summed E-state index contributed by atoms with van der Waals surface area (Å²) in [6.45, 7) is 4.09. The second-order valence-corrected chi connectivity index (χ2v) is 13.4. The molecule has 8 nitrogen and oxygen atoms in total. The van der Waals surface area contributed by atoms with Gasteiger partial charge >= 0.3 is 0 Å². The van der Waals surface area contributed by atoms with Crippen molar-refractivity contribution < 1.29 is 22.0 Å². The van der Waals surface area contributed by atoms with E-state index in [0.717, 1.165) is 24.2 Å². The number of benzene rings is 1. The second kappa shape index (κ2) is 12.1. The zero-order valence-corrected chi connectivity index (χ0v) is 23.9. The van der Waals surface area contributed by atoms with Crippen molar-refractivity contribution in [2.24, 2.45) is 5.92 Å². The van der Waals surface area contributed by atoms with E-state index in [4.69, 9.17) is 0 Å². The number of nitrogens with one attached hydrogen (secondary N) is 2. The van der Waals surface area contributed by atoms with Crippen LogP contribution in [0.5, 0.6) is 0 Å². The van der Waals surface area contributed by atoms with E-state index in [1.807, 2.05) is 13.8 Å². The van der Waals surface area contributed by atoms with Gasteiger partial charge in [-0.3, -0.25) is 4.79 Å². The number of nitrogens with zero attached hydrogens (tertiary/aromatic N) is 3. The Hall–Kier alpha value is -2.15. The number of anilines is 2. The molecule has 3 rings (SSSR count). The fourth-order valence-corrected chi connectivity index (χ4v) is 7.29. The molecule has 1 fully saturated rings. The number of rotatable bonds is 11. The van der Waals surface area contributed by atoms with Gasteiger partial charge in [0.15, 0.2) is 10.9 Å². The lowest BCUT2D eigenvalue weighted by molar-refractivity contribution is 0.103. The van der Waals surface area contributed by atoms with Crippen LogP contribution in [0.1, 0.15) is 60.3 Å².